The minimum absolute atomic E-state index is 0.0580. The van der Waals surface area contributed by atoms with Crippen molar-refractivity contribution in [1.29, 1.82) is 0 Å². The number of ketones is 1. The molecule has 2 unspecified atom stereocenters. The lowest BCUT2D eigenvalue weighted by Gasteiger charge is -2.18. The van der Waals surface area contributed by atoms with Gasteiger partial charge in [0.2, 0.25) is 29.5 Å². The van der Waals surface area contributed by atoms with Crippen LogP contribution in [0.25, 0.3) is 0 Å². The zero-order valence-corrected chi connectivity index (χ0v) is 19.4. The molecule has 1 aliphatic heterocycles. The first kappa shape index (κ1) is 28.2. The molecule has 1 saturated heterocycles. The smallest absolute Gasteiger partial charge is 0.239 e. The summed E-state index contributed by atoms with van der Waals surface area (Å²) in [6, 6.07) is 0. The van der Waals surface area contributed by atoms with Gasteiger partial charge in [0.15, 0.2) is 0 Å². The number of amides is 5. The van der Waals surface area contributed by atoms with Crippen LogP contribution in [0.15, 0.2) is 0 Å². The van der Waals surface area contributed by atoms with Crippen molar-refractivity contribution in [3.05, 3.63) is 0 Å². The molecule has 5 N–H and O–H groups in total. The molecule has 5 amide bonds. The number of Topliss-reactive ketones (excluding diaryl/α,β-unsaturated/α-hetero) is 1. The Kier molecular flexibility index (Phi) is 12.2. The molecule has 0 spiro atoms. The van der Waals surface area contributed by atoms with E-state index in [1.807, 2.05) is 13.8 Å². The van der Waals surface area contributed by atoms with Gasteiger partial charge in [-0.3, -0.25) is 39.0 Å². The molecule has 0 aliphatic carbocycles. The number of nitrogens with zero attached hydrogens (tertiary/aromatic N) is 1. The predicted octanol–water partition coefficient (Wildman–Crippen LogP) is -1.97. The van der Waals surface area contributed by atoms with Gasteiger partial charge in [-0.05, 0) is 25.7 Å². The lowest BCUT2D eigenvalue weighted by molar-refractivity contribution is -0.140. The Labute approximate surface area is 193 Å². The summed E-state index contributed by atoms with van der Waals surface area (Å²) in [5, 5.41) is 19.7. The zero-order chi connectivity index (χ0) is 25.0. The number of hydrogen-bond acceptors (Lipinski definition) is 8. The van der Waals surface area contributed by atoms with E-state index in [2.05, 4.69) is 21.3 Å². The molecule has 33 heavy (non-hydrogen) atoms. The van der Waals surface area contributed by atoms with E-state index in [0.717, 1.165) is 0 Å². The van der Waals surface area contributed by atoms with E-state index in [9.17, 15) is 33.9 Å². The fraction of sp³-hybridized carbons (Fsp3) is 0.714. The molecule has 0 bridgehead atoms. The van der Waals surface area contributed by atoms with Crippen LogP contribution in [0.5, 0.6) is 0 Å². The molecule has 1 fully saturated rings. The van der Waals surface area contributed by atoms with Gasteiger partial charge in [-0.25, -0.2) is 0 Å². The topological polar surface area (TPSA) is 174 Å². The molecule has 12 heteroatoms. The SMILES string of the molecule is CC(=O)CCNC(=O)CNC(=O)CNC(=O)CNC(O)CCCN1C(=O)CC(C(C)C)C1=O. The first-order valence-corrected chi connectivity index (χ1v) is 11.1. The van der Waals surface area contributed by atoms with Crippen LogP contribution in [0.4, 0.5) is 0 Å². The van der Waals surface area contributed by atoms with E-state index < -0.39 is 23.9 Å². The van der Waals surface area contributed by atoms with Gasteiger partial charge in [-0.1, -0.05) is 13.8 Å². The van der Waals surface area contributed by atoms with Crippen molar-refractivity contribution < 1.29 is 33.9 Å². The molecule has 0 aromatic carbocycles. The van der Waals surface area contributed by atoms with Crippen LogP contribution in [0.1, 0.15) is 46.5 Å². The molecule has 0 radical (unpaired) electrons. The number of carbonyl (C=O) groups is 6. The van der Waals surface area contributed by atoms with Gasteiger partial charge in [0.1, 0.15) is 12.0 Å². The molecule has 1 heterocycles. The standard InChI is InChI=1S/C21H35N5O7/c1-13(2)15-9-20(32)26(21(15)33)8-4-5-16(28)23-11-18(30)25-12-19(31)24-10-17(29)22-7-6-14(3)27/h13,15-16,23,28H,4-12H2,1-3H3,(H,22,29)(H,24,31)(H,25,30). The predicted molar refractivity (Wildman–Crippen MR) is 117 cm³/mol. The minimum atomic E-state index is -1.02. The number of imide groups is 1. The second-order valence-electron chi connectivity index (χ2n) is 8.33. The molecule has 0 saturated carbocycles. The number of nitrogens with one attached hydrogen (secondary N) is 4. The third-order valence-corrected chi connectivity index (χ3v) is 5.13. The maximum absolute atomic E-state index is 12.2. The molecule has 0 aromatic heterocycles. The Hall–Kier alpha value is -2.86. The van der Waals surface area contributed by atoms with Gasteiger partial charge in [-0.2, -0.15) is 0 Å². The number of rotatable bonds is 15. The van der Waals surface area contributed by atoms with E-state index in [0.29, 0.717) is 6.42 Å². The van der Waals surface area contributed by atoms with Gasteiger partial charge in [0.05, 0.1) is 19.6 Å². The van der Waals surface area contributed by atoms with Crippen LogP contribution < -0.4 is 21.3 Å². The molecular weight excluding hydrogens is 434 g/mol. The molecular formula is C21H35N5O7. The minimum Gasteiger partial charge on any atom is -0.379 e. The Balaban J connectivity index is 2.15. The van der Waals surface area contributed by atoms with E-state index >= 15 is 0 Å². The summed E-state index contributed by atoms with van der Waals surface area (Å²) in [4.78, 5) is 71.2. The first-order chi connectivity index (χ1) is 15.5. The molecule has 186 valence electrons. The van der Waals surface area contributed by atoms with Gasteiger partial charge < -0.3 is 21.1 Å². The monoisotopic (exact) mass is 469 g/mol. The van der Waals surface area contributed by atoms with Gasteiger partial charge in [0.25, 0.3) is 0 Å². The summed E-state index contributed by atoms with van der Waals surface area (Å²) in [5.74, 6) is -2.17. The average molecular weight is 470 g/mol. The lowest BCUT2D eigenvalue weighted by Crippen LogP contribution is -2.45. The number of carbonyl (C=O) groups excluding carboxylic acids is 6. The van der Waals surface area contributed by atoms with E-state index in [1.165, 1.54) is 11.8 Å². The fourth-order valence-corrected chi connectivity index (χ4v) is 3.14. The third kappa shape index (κ3) is 11.0. The number of hydrogen-bond donors (Lipinski definition) is 5. The Morgan fingerprint density at radius 2 is 1.58 bits per heavy atom. The van der Waals surface area contributed by atoms with Crippen molar-refractivity contribution in [2.75, 3.05) is 32.7 Å². The fourth-order valence-electron chi connectivity index (χ4n) is 3.14. The number of aliphatic hydroxyl groups excluding tert-OH is 1. The van der Waals surface area contributed by atoms with Gasteiger partial charge >= 0.3 is 0 Å². The van der Waals surface area contributed by atoms with Crippen molar-refractivity contribution in [3.8, 4) is 0 Å². The maximum atomic E-state index is 12.2. The van der Waals surface area contributed by atoms with Gasteiger partial charge in [0, 0.05) is 31.8 Å². The van der Waals surface area contributed by atoms with Gasteiger partial charge in [-0.15, -0.1) is 0 Å². The Bertz CT molecular complexity index is 741. The van der Waals surface area contributed by atoms with Crippen LogP contribution in [-0.4, -0.2) is 84.3 Å². The Morgan fingerprint density at radius 1 is 1.00 bits per heavy atom. The largest absolute Gasteiger partial charge is 0.379 e. The summed E-state index contributed by atoms with van der Waals surface area (Å²) in [6.45, 7) is 4.76. The van der Waals surface area contributed by atoms with Crippen LogP contribution in [-0.2, 0) is 28.8 Å². The van der Waals surface area contributed by atoms with Crippen molar-refractivity contribution >= 4 is 35.3 Å². The van der Waals surface area contributed by atoms with Crippen molar-refractivity contribution in [3.63, 3.8) is 0 Å². The summed E-state index contributed by atoms with van der Waals surface area (Å²) in [6.07, 6.45) is 0.0271. The van der Waals surface area contributed by atoms with E-state index in [1.54, 1.807) is 0 Å². The van der Waals surface area contributed by atoms with Crippen LogP contribution in [0, 0.1) is 11.8 Å². The Morgan fingerprint density at radius 3 is 2.12 bits per heavy atom. The summed E-state index contributed by atoms with van der Waals surface area (Å²) in [7, 11) is 0. The quantitative estimate of drug-likeness (QED) is 0.136. The maximum Gasteiger partial charge on any atom is 0.239 e. The second kappa shape index (κ2) is 14.3. The molecule has 2 atom stereocenters. The number of aliphatic hydroxyl groups is 1. The van der Waals surface area contributed by atoms with E-state index in [4.69, 9.17) is 0 Å². The third-order valence-electron chi connectivity index (χ3n) is 5.13. The highest BCUT2D eigenvalue weighted by Crippen LogP contribution is 2.26. The van der Waals surface area contributed by atoms with Crippen molar-refractivity contribution in [2.24, 2.45) is 11.8 Å². The highest BCUT2D eigenvalue weighted by molar-refractivity contribution is 6.03. The summed E-state index contributed by atoms with van der Waals surface area (Å²) in [5.41, 5.74) is 0. The number of likely N-dealkylation sites (tertiary alicyclic amines) is 1. The summed E-state index contributed by atoms with van der Waals surface area (Å²) < 4.78 is 0. The highest BCUT2D eigenvalue weighted by Gasteiger charge is 2.39. The van der Waals surface area contributed by atoms with Crippen LogP contribution in [0.3, 0.4) is 0 Å². The molecule has 12 nitrogen and oxygen atoms in total. The van der Waals surface area contributed by atoms with Crippen LogP contribution >= 0.6 is 0 Å². The van der Waals surface area contributed by atoms with Crippen LogP contribution in [0.2, 0.25) is 0 Å². The average Bonchev–Trinajstić information content (AvgIpc) is 3.03. The molecule has 1 aliphatic rings. The van der Waals surface area contributed by atoms with E-state index in [-0.39, 0.29) is 81.4 Å². The molecule has 0 aromatic rings. The normalized spacial score (nSPS) is 16.6. The van der Waals surface area contributed by atoms with Crippen molar-refractivity contribution in [2.45, 2.75) is 52.7 Å². The molecule has 1 rings (SSSR count). The van der Waals surface area contributed by atoms with Crippen molar-refractivity contribution in [1.82, 2.24) is 26.2 Å². The first-order valence-electron chi connectivity index (χ1n) is 11.1. The zero-order valence-electron chi connectivity index (χ0n) is 19.4. The highest BCUT2D eigenvalue weighted by atomic mass is 16.3. The second-order valence-corrected chi connectivity index (χ2v) is 8.33. The lowest BCUT2D eigenvalue weighted by atomic mass is 9.94. The summed E-state index contributed by atoms with van der Waals surface area (Å²) >= 11 is 0.